The Kier molecular flexibility index (Phi) is 4.72. The summed E-state index contributed by atoms with van der Waals surface area (Å²) in [6.45, 7) is 0.862. The summed E-state index contributed by atoms with van der Waals surface area (Å²) in [5.41, 5.74) is 0.949. The maximum atomic E-state index is 12.8. The molecule has 0 radical (unpaired) electrons. The van der Waals surface area contributed by atoms with E-state index in [1.165, 1.54) is 0 Å². The maximum absolute atomic E-state index is 12.8. The topological polar surface area (TPSA) is 91.4 Å². The SMILES string of the molecule is O=C1NC(=O)C(CCC(=O)N2Cc3cc(Cl)c(Cl)cc3C2)(c2ccccn2)N1. The van der Waals surface area contributed by atoms with Crippen LogP contribution in [-0.4, -0.2) is 27.7 Å². The number of amides is 4. The quantitative estimate of drug-likeness (QED) is 0.746. The van der Waals surface area contributed by atoms with Crippen molar-refractivity contribution < 1.29 is 14.4 Å². The van der Waals surface area contributed by atoms with Crippen molar-refractivity contribution in [2.45, 2.75) is 31.5 Å². The van der Waals surface area contributed by atoms with Crippen molar-refractivity contribution in [1.29, 1.82) is 0 Å². The highest BCUT2D eigenvalue weighted by molar-refractivity contribution is 6.42. The third-order valence-electron chi connectivity index (χ3n) is 5.08. The van der Waals surface area contributed by atoms with Crippen LogP contribution < -0.4 is 10.6 Å². The first-order chi connectivity index (χ1) is 13.4. The molecule has 28 heavy (non-hydrogen) atoms. The molecular weight excluding hydrogens is 403 g/mol. The molecule has 4 rings (SSSR count). The highest BCUT2D eigenvalue weighted by Crippen LogP contribution is 2.33. The van der Waals surface area contributed by atoms with Gasteiger partial charge in [0, 0.05) is 25.7 Å². The first-order valence-electron chi connectivity index (χ1n) is 8.69. The molecular formula is C19H16Cl2N4O3. The molecule has 0 bridgehead atoms. The third kappa shape index (κ3) is 3.21. The fraction of sp³-hybridized carbons (Fsp3) is 0.263. The van der Waals surface area contributed by atoms with Crippen LogP contribution in [0.25, 0.3) is 0 Å². The van der Waals surface area contributed by atoms with E-state index in [1.807, 2.05) is 0 Å². The third-order valence-corrected chi connectivity index (χ3v) is 5.80. The van der Waals surface area contributed by atoms with Crippen molar-refractivity contribution in [2.24, 2.45) is 0 Å². The molecule has 1 unspecified atom stereocenters. The van der Waals surface area contributed by atoms with Crippen molar-refractivity contribution >= 4 is 41.0 Å². The number of benzene rings is 1. The molecule has 2 aliphatic rings. The number of fused-ring (bicyclic) bond motifs is 1. The highest BCUT2D eigenvalue weighted by Gasteiger charge is 2.49. The molecule has 9 heteroatoms. The van der Waals surface area contributed by atoms with Crippen molar-refractivity contribution in [2.75, 3.05) is 0 Å². The molecule has 4 amide bonds. The van der Waals surface area contributed by atoms with Gasteiger partial charge in [-0.1, -0.05) is 29.3 Å². The maximum Gasteiger partial charge on any atom is 0.322 e. The van der Waals surface area contributed by atoms with Gasteiger partial charge in [0.15, 0.2) is 5.54 Å². The minimum atomic E-state index is -1.35. The first kappa shape index (κ1) is 18.7. The van der Waals surface area contributed by atoms with E-state index in [9.17, 15) is 14.4 Å². The van der Waals surface area contributed by atoms with E-state index in [0.717, 1.165) is 11.1 Å². The Morgan fingerprint density at radius 1 is 1.14 bits per heavy atom. The summed E-state index contributed by atoms with van der Waals surface area (Å²) in [5.74, 6) is -0.639. The lowest BCUT2D eigenvalue weighted by atomic mass is 9.89. The number of imide groups is 1. The van der Waals surface area contributed by atoms with Crippen molar-refractivity contribution in [3.8, 4) is 0 Å². The smallest absolute Gasteiger partial charge is 0.322 e. The van der Waals surface area contributed by atoms with E-state index < -0.39 is 17.5 Å². The fourth-order valence-corrected chi connectivity index (χ4v) is 3.98. The summed E-state index contributed by atoms with van der Waals surface area (Å²) >= 11 is 12.1. The van der Waals surface area contributed by atoms with Gasteiger partial charge in [-0.05, 0) is 41.8 Å². The van der Waals surface area contributed by atoms with Crippen LogP contribution in [0.4, 0.5) is 4.79 Å². The highest BCUT2D eigenvalue weighted by atomic mass is 35.5. The van der Waals surface area contributed by atoms with Crippen molar-refractivity contribution in [3.05, 3.63) is 63.4 Å². The van der Waals surface area contributed by atoms with Gasteiger partial charge in [-0.2, -0.15) is 0 Å². The zero-order chi connectivity index (χ0) is 19.9. The van der Waals surface area contributed by atoms with Crippen LogP contribution in [0, 0.1) is 0 Å². The average Bonchev–Trinajstić information content (AvgIpc) is 3.21. The summed E-state index contributed by atoms with van der Waals surface area (Å²) < 4.78 is 0. The first-order valence-corrected chi connectivity index (χ1v) is 9.44. The average molecular weight is 419 g/mol. The van der Waals surface area contributed by atoms with Gasteiger partial charge < -0.3 is 10.2 Å². The molecule has 1 atom stereocenters. The number of halogens is 2. The van der Waals surface area contributed by atoms with Crippen LogP contribution in [-0.2, 0) is 28.2 Å². The van der Waals surface area contributed by atoms with Crippen LogP contribution in [0.2, 0.25) is 10.0 Å². The number of carbonyl (C=O) groups is 3. The van der Waals surface area contributed by atoms with E-state index >= 15 is 0 Å². The van der Waals surface area contributed by atoms with Crippen molar-refractivity contribution in [3.63, 3.8) is 0 Å². The van der Waals surface area contributed by atoms with E-state index in [4.69, 9.17) is 23.2 Å². The van der Waals surface area contributed by atoms with Gasteiger partial charge in [-0.3, -0.25) is 19.9 Å². The predicted molar refractivity (Wildman–Crippen MR) is 103 cm³/mol. The second-order valence-electron chi connectivity index (χ2n) is 6.81. The van der Waals surface area contributed by atoms with Gasteiger partial charge in [0.25, 0.3) is 5.91 Å². The standard InChI is InChI=1S/C19H16Cl2N4O3/c20-13-7-11-9-25(10-12(11)8-14(13)21)16(26)4-5-19(15-3-1-2-6-22-15)17(27)23-18(28)24-19/h1-3,6-8H,4-5,9-10H2,(H2,23,24,27,28). The molecule has 2 aromatic rings. The Bertz CT molecular complexity index is 952. The zero-order valence-corrected chi connectivity index (χ0v) is 16.2. The predicted octanol–water partition coefficient (Wildman–Crippen LogP) is 2.75. The van der Waals surface area contributed by atoms with Gasteiger partial charge >= 0.3 is 6.03 Å². The fourth-order valence-electron chi connectivity index (χ4n) is 3.61. The molecule has 144 valence electrons. The lowest BCUT2D eigenvalue weighted by molar-refractivity contribution is -0.132. The van der Waals surface area contributed by atoms with E-state index in [-0.39, 0.29) is 18.7 Å². The largest absolute Gasteiger partial charge is 0.334 e. The summed E-state index contributed by atoms with van der Waals surface area (Å²) in [6, 6.07) is 8.05. The van der Waals surface area contributed by atoms with Gasteiger partial charge in [-0.25, -0.2) is 4.79 Å². The summed E-state index contributed by atoms with van der Waals surface area (Å²) in [4.78, 5) is 43.0. The molecule has 1 fully saturated rings. The summed E-state index contributed by atoms with van der Waals surface area (Å²) in [7, 11) is 0. The Labute approximate surface area is 171 Å². The van der Waals surface area contributed by atoms with Crippen LogP contribution in [0.15, 0.2) is 36.5 Å². The lowest BCUT2D eigenvalue weighted by Gasteiger charge is -2.26. The molecule has 2 N–H and O–H groups in total. The van der Waals surface area contributed by atoms with Crippen LogP contribution in [0.5, 0.6) is 0 Å². The monoisotopic (exact) mass is 418 g/mol. The molecule has 0 spiro atoms. The molecule has 3 heterocycles. The normalized spacial score (nSPS) is 20.7. The number of hydrogen-bond acceptors (Lipinski definition) is 4. The molecule has 0 saturated carbocycles. The van der Waals surface area contributed by atoms with Gasteiger partial charge in [0.2, 0.25) is 5.91 Å². The van der Waals surface area contributed by atoms with E-state index in [2.05, 4.69) is 15.6 Å². The Morgan fingerprint density at radius 3 is 2.36 bits per heavy atom. The second-order valence-corrected chi connectivity index (χ2v) is 7.63. The van der Waals surface area contributed by atoms with E-state index in [1.54, 1.807) is 41.4 Å². The lowest BCUT2D eigenvalue weighted by Crippen LogP contribution is -2.45. The number of pyridine rings is 1. The number of hydrogen-bond donors (Lipinski definition) is 2. The molecule has 1 aromatic carbocycles. The number of rotatable bonds is 4. The zero-order valence-electron chi connectivity index (χ0n) is 14.7. The minimum Gasteiger partial charge on any atom is -0.334 e. The second kappa shape index (κ2) is 7.07. The Balaban J connectivity index is 1.50. The van der Waals surface area contributed by atoms with Gasteiger partial charge in [0.1, 0.15) is 0 Å². The number of nitrogens with zero attached hydrogens (tertiary/aromatic N) is 2. The molecule has 0 aliphatic carbocycles. The summed E-state index contributed by atoms with van der Waals surface area (Å²) in [6.07, 6.45) is 1.72. The number of urea groups is 1. The number of nitrogens with one attached hydrogen (secondary N) is 2. The summed E-state index contributed by atoms with van der Waals surface area (Å²) in [5, 5.41) is 5.79. The Morgan fingerprint density at radius 2 is 1.82 bits per heavy atom. The Hall–Kier alpha value is -2.64. The van der Waals surface area contributed by atoms with Crippen LogP contribution in [0.1, 0.15) is 29.7 Å². The van der Waals surface area contributed by atoms with Crippen LogP contribution >= 0.6 is 23.2 Å². The number of carbonyl (C=O) groups excluding carboxylic acids is 3. The molecule has 7 nitrogen and oxygen atoms in total. The van der Waals surface area contributed by atoms with Crippen molar-refractivity contribution in [1.82, 2.24) is 20.5 Å². The van der Waals surface area contributed by atoms with Gasteiger partial charge in [0.05, 0.1) is 15.7 Å². The van der Waals surface area contributed by atoms with E-state index in [0.29, 0.717) is 28.8 Å². The molecule has 2 aliphatic heterocycles. The molecule has 1 aromatic heterocycles. The number of aromatic nitrogens is 1. The van der Waals surface area contributed by atoms with Gasteiger partial charge in [-0.15, -0.1) is 0 Å². The molecule has 1 saturated heterocycles. The minimum absolute atomic E-state index is 0.0692. The van der Waals surface area contributed by atoms with Crippen LogP contribution in [0.3, 0.4) is 0 Å².